The molecule has 0 spiro atoms. The van der Waals surface area contributed by atoms with Gasteiger partial charge < -0.3 is 9.47 Å². The summed E-state index contributed by atoms with van der Waals surface area (Å²) in [5.41, 5.74) is 0.733. The van der Waals surface area contributed by atoms with Crippen molar-refractivity contribution >= 4 is 31.4 Å². The van der Waals surface area contributed by atoms with E-state index >= 15 is 0 Å². The van der Waals surface area contributed by atoms with Gasteiger partial charge in [-0.05, 0) is 36.4 Å². The zero-order valence-electron chi connectivity index (χ0n) is 13.5. The molecule has 0 atom stereocenters. The number of nitrogens with zero attached hydrogens (tertiary/aromatic N) is 1. The Morgan fingerprint density at radius 2 is 1.60 bits per heavy atom. The number of anilines is 2. The van der Waals surface area contributed by atoms with E-state index in [1.807, 2.05) is 0 Å². The molecular weight excluding hydrogens is 368 g/mol. The van der Waals surface area contributed by atoms with E-state index in [-0.39, 0.29) is 11.7 Å². The van der Waals surface area contributed by atoms with Crippen LogP contribution in [0.3, 0.4) is 0 Å². The summed E-state index contributed by atoms with van der Waals surface area (Å²) in [6, 6.07) is 10.4. The van der Waals surface area contributed by atoms with E-state index in [4.69, 9.17) is 9.47 Å². The second kappa shape index (κ2) is 6.12. The van der Waals surface area contributed by atoms with Crippen LogP contribution in [-0.2, 0) is 20.0 Å². The molecule has 25 heavy (non-hydrogen) atoms. The first-order valence-corrected chi connectivity index (χ1v) is 10.5. The van der Waals surface area contributed by atoms with Crippen molar-refractivity contribution in [3.05, 3.63) is 42.5 Å². The predicted molar refractivity (Wildman–Crippen MR) is 93.1 cm³/mol. The molecule has 8 nitrogen and oxygen atoms in total. The standard InChI is InChI=1S/C15H16N2O6S2/c1-17(12-5-3-11(4-6-12)16-24(2,18)19)25(20,21)13-7-8-14-15(9-13)23-10-22-14/h3-9,16H,10H2,1-2H3. The SMILES string of the molecule is CN(c1ccc(NS(C)(=O)=O)cc1)S(=O)(=O)c1ccc2c(c1)OCO2. The van der Waals surface area contributed by atoms with Crippen LogP contribution in [0.2, 0.25) is 0 Å². The molecule has 1 N–H and O–H groups in total. The van der Waals surface area contributed by atoms with Crippen molar-refractivity contribution in [1.29, 1.82) is 0 Å². The quantitative estimate of drug-likeness (QED) is 0.840. The van der Waals surface area contributed by atoms with E-state index in [9.17, 15) is 16.8 Å². The maximum Gasteiger partial charge on any atom is 0.264 e. The Kier molecular flexibility index (Phi) is 4.25. The van der Waals surface area contributed by atoms with Crippen molar-refractivity contribution in [3.63, 3.8) is 0 Å². The van der Waals surface area contributed by atoms with Gasteiger partial charge in [0.1, 0.15) is 0 Å². The minimum absolute atomic E-state index is 0.0590. The molecule has 0 unspecified atom stereocenters. The average molecular weight is 384 g/mol. The summed E-state index contributed by atoms with van der Waals surface area (Å²) in [5, 5.41) is 0. The number of fused-ring (bicyclic) bond motifs is 1. The summed E-state index contributed by atoms with van der Waals surface area (Å²) in [7, 11) is -5.78. The molecule has 0 bridgehead atoms. The highest BCUT2D eigenvalue weighted by atomic mass is 32.2. The van der Waals surface area contributed by atoms with Crippen LogP contribution < -0.4 is 18.5 Å². The summed E-state index contributed by atoms with van der Waals surface area (Å²) < 4.78 is 61.8. The highest BCUT2D eigenvalue weighted by molar-refractivity contribution is 7.92. The normalized spacial score (nSPS) is 13.5. The Balaban J connectivity index is 1.87. The average Bonchev–Trinajstić information content (AvgIpc) is 3.01. The minimum Gasteiger partial charge on any atom is -0.454 e. The van der Waals surface area contributed by atoms with Gasteiger partial charge >= 0.3 is 0 Å². The number of sulfonamides is 2. The first-order chi connectivity index (χ1) is 11.7. The van der Waals surface area contributed by atoms with Gasteiger partial charge in [0.15, 0.2) is 11.5 Å². The number of ether oxygens (including phenoxy) is 2. The van der Waals surface area contributed by atoms with Gasteiger partial charge in [0.05, 0.1) is 16.8 Å². The van der Waals surface area contributed by atoms with E-state index in [2.05, 4.69) is 4.72 Å². The molecule has 2 aromatic carbocycles. The van der Waals surface area contributed by atoms with Crippen LogP contribution in [0.15, 0.2) is 47.4 Å². The molecule has 0 fully saturated rings. The van der Waals surface area contributed by atoms with Crippen LogP contribution in [-0.4, -0.2) is 36.9 Å². The lowest BCUT2D eigenvalue weighted by Crippen LogP contribution is -2.26. The third kappa shape index (κ3) is 3.64. The first-order valence-electron chi connectivity index (χ1n) is 7.13. The van der Waals surface area contributed by atoms with E-state index < -0.39 is 20.0 Å². The van der Waals surface area contributed by atoms with Crippen molar-refractivity contribution in [2.24, 2.45) is 0 Å². The maximum atomic E-state index is 12.8. The molecule has 3 rings (SSSR count). The third-order valence-corrected chi connectivity index (χ3v) is 5.92. The molecule has 2 aromatic rings. The Hall–Kier alpha value is -2.46. The highest BCUT2D eigenvalue weighted by Crippen LogP contribution is 2.35. The molecule has 0 saturated heterocycles. The smallest absolute Gasteiger partial charge is 0.264 e. The summed E-state index contributed by atoms with van der Waals surface area (Å²) in [4.78, 5) is 0.0672. The van der Waals surface area contributed by atoms with Crippen LogP contribution in [0.1, 0.15) is 0 Å². The fraction of sp³-hybridized carbons (Fsp3) is 0.200. The monoisotopic (exact) mass is 384 g/mol. The maximum absolute atomic E-state index is 12.8. The van der Waals surface area contributed by atoms with Crippen LogP contribution in [0.4, 0.5) is 11.4 Å². The topological polar surface area (TPSA) is 102 Å². The molecule has 0 amide bonds. The Bertz CT molecular complexity index is 1000. The second-order valence-electron chi connectivity index (χ2n) is 5.41. The number of nitrogens with one attached hydrogen (secondary N) is 1. The van der Waals surface area contributed by atoms with Gasteiger partial charge in [0.2, 0.25) is 16.8 Å². The number of hydrogen-bond donors (Lipinski definition) is 1. The molecule has 10 heteroatoms. The molecule has 0 aliphatic carbocycles. The van der Waals surface area contributed by atoms with Crippen molar-refractivity contribution < 1.29 is 26.3 Å². The lowest BCUT2D eigenvalue weighted by atomic mass is 10.3. The third-order valence-electron chi connectivity index (χ3n) is 3.54. The van der Waals surface area contributed by atoms with Crippen LogP contribution in [0, 0.1) is 0 Å². The molecular formula is C15H16N2O6S2. The van der Waals surface area contributed by atoms with Gasteiger partial charge in [0, 0.05) is 18.8 Å². The number of benzene rings is 2. The fourth-order valence-electron chi connectivity index (χ4n) is 2.29. The van der Waals surface area contributed by atoms with Crippen molar-refractivity contribution in [1.82, 2.24) is 0 Å². The lowest BCUT2D eigenvalue weighted by molar-refractivity contribution is 0.174. The zero-order chi connectivity index (χ0) is 18.2. The van der Waals surface area contributed by atoms with Gasteiger partial charge in [-0.2, -0.15) is 0 Å². The van der Waals surface area contributed by atoms with Gasteiger partial charge in [-0.3, -0.25) is 9.03 Å². The van der Waals surface area contributed by atoms with E-state index in [1.54, 1.807) is 6.07 Å². The molecule has 0 radical (unpaired) electrons. The Labute approximate surface area is 146 Å². The number of hydrogen-bond acceptors (Lipinski definition) is 6. The summed E-state index contributed by atoms with van der Waals surface area (Å²) in [6.45, 7) is 0.0590. The summed E-state index contributed by atoms with van der Waals surface area (Å²) >= 11 is 0. The molecule has 0 saturated carbocycles. The van der Waals surface area contributed by atoms with Gasteiger partial charge in [-0.25, -0.2) is 16.8 Å². The largest absolute Gasteiger partial charge is 0.454 e. The molecule has 1 aliphatic heterocycles. The zero-order valence-corrected chi connectivity index (χ0v) is 15.1. The van der Waals surface area contributed by atoms with Crippen LogP contribution >= 0.6 is 0 Å². The minimum atomic E-state index is -3.80. The van der Waals surface area contributed by atoms with Crippen molar-refractivity contribution in [3.8, 4) is 11.5 Å². The van der Waals surface area contributed by atoms with Gasteiger partial charge in [0.25, 0.3) is 10.0 Å². The molecule has 1 heterocycles. The van der Waals surface area contributed by atoms with E-state index in [0.717, 1.165) is 10.6 Å². The lowest BCUT2D eigenvalue weighted by Gasteiger charge is -2.20. The summed E-state index contributed by atoms with van der Waals surface area (Å²) in [6.07, 6.45) is 1.04. The van der Waals surface area contributed by atoms with Gasteiger partial charge in [-0.1, -0.05) is 0 Å². The molecule has 1 aliphatic rings. The van der Waals surface area contributed by atoms with Crippen LogP contribution in [0.5, 0.6) is 11.5 Å². The molecule has 0 aromatic heterocycles. The fourth-order valence-corrected chi connectivity index (χ4v) is 4.06. The number of rotatable bonds is 5. The Morgan fingerprint density at radius 1 is 0.960 bits per heavy atom. The van der Waals surface area contributed by atoms with E-state index in [0.29, 0.717) is 22.9 Å². The molecule has 134 valence electrons. The first kappa shape index (κ1) is 17.4. The van der Waals surface area contributed by atoms with Gasteiger partial charge in [-0.15, -0.1) is 0 Å². The Morgan fingerprint density at radius 3 is 2.24 bits per heavy atom. The predicted octanol–water partition coefficient (Wildman–Crippen LogP) is 1.61. The van der Waals surface area contributed by atoms with E-state index in [1.165, 1.54) is 43.4 Å². The van der Waals surface area contributed by atoms with Crippen molar-refractivity contribution in [2.75, 3.05) is 29.1 Å². The summed E-state index contributed by atoms with van der Waals surface area (Å²) in [5.74, 6) is 0.875. The van der Waals surface area contributed by atoms with Crippen molar-refractivity contribution in [2.45, 2.75) is 4.90 Å². The second-order valence-corrected chi connectivity index (χ2v) is 9.13. The highest BCUT2D eigenvalue weighted by Gasteiger charge is 2.24. The van der Waals surface area contributed by atoms with Crippen LogP contribution in [0.25, 0.3) is 0 Å².